The third kappa shape index (κ3) is 3.98. The minimum atomic E-state index is -0.592. The van der Waals surface area contributed by atoms with Gasteiger partial charge in [-0.05, 0) is 13.0 Å². The van der Waals surface area contributed by atoms with Crippen LogP contribution in [-0.2, 0) is 6.61 Å². The van der Waals surface area contributed by atoms with Crippen molar-refractivity contribution < 1.29 is 19.2 Å². The van der Waals surface area contributed by atoms with Crippen LogP contribution in [0.3, 0.4) is 0 Å². The lowest BCUT2D eigenvalue weighted by Crippen LogP contribution is -2.17. The van der Waals surface area contributed by atoms with Crippen molar-refractivity contribution in [1.82, 2.24) is 10.1 Å². The number of hydrogen-bond acceptors (Lipinski definition) is 6. The van der Waals surface area contributed by atoms with E-state index in [1.54, 1.807) is 19.1 Å². The highest BCUT2D eigenvalue weighted by Gasteiger charge is 2.19. The monoisotopic (exact) mass is 367 g/mol. The molecular weight excluding hydrogens is 346 g/mol. The summed E-state index contributed by atoms with van der Waals surface area (Å²) in [5.74, 6) is 0.0559. The van der Waals surface area contributed by atoms with Gasteiger partial charge < -0.3 is 20.1 Å². The van der Waals surface area contributed by atoms with Crippen LogP contribution < -0.4 is 10.5 Å². The third-order valence-corrected chi connectivity index (χ3v) is 4.30. The SMILES string of the molecule is Cc1onc(-c2ccccc2)c1COc1ccc(C(N)=O)c([C@H](C)CO)n1. The Morgan fingerprint density at radius 1 is 1.26 bits per heavy atom. The summed E-state index contributed by atoms with van der Waals surface area (Å²) in [6, 6.07) is 12.8. The molecule has 0 unspecified atom stereocenters. The van der Waals surface area contributed by atoms with Crippen LogP contribution in [0.2, 0.25) is 0 Å². The molecule has 0 aliphatic heterocycles. The smallest absolute Gasteiger partial charge is 0.250 e. The number of aliphatic hydroxyl groups is 1. The fraction of sp³-hybridized carbons (Fsp3) is 0.250. The molecule has 1 amide bonds. The molecule has 0 saturated heterocycles. The fourth-order valence-corrected chi connectivity index (χ4v) is 2.74. The molecule has 7 nitrogen and oxygen atoms in total. The lowest BCUT2D eigenvalue weighted by atomic mass is 10.0. The lowest BCUT2D eigenvalue weighted by Gasteiger charge is -2.13. The van der Waals surface area contributed by atoms with Crippen molar-refractivity contribution in [1.29, 1.82) is 0 Å². The Bertz CT molecular complexity index is 938. The van der Waals surface area contributed by atoms with Gasteiger partial charge in [-0.1, -0.05) is 42.4 Å². The maximum atomic E-state index is 11.6. The summed E-state index contributed by atoms with van der Waals surface area (Å²) in [6.07, 6.45) is 0. The molecule has 2 aromatic heterocycles. The number of nitrogens with zero attached hydrogens (tertiary/aromatic N) is 2. The number of primary amides is 1. The molecule has 0 bridgehead atoms. The molecule has 0 spiro atoms. The van der Waals surface area contributed by atoms with Crippen molar-refractivity contribution in [2.75, 3.05) is 6.61 Å². The van der Waals surface area contributed by atoms with Crippen LogP contribution in [0.5, 0.6) is 5.88 Å². The standard InChI is InChI=1S/C20H21N3O4/c1-12(10-24)18-15(20(21)25)8-9-17(22-18)26-11-16-13(2)27-23-19(16)14-6-4-3-5-7-14/h3-9,12,24H,10-11H2,1-2H3,(H2,21,25)/t12-/m1/s1. The number of carbonyl (C=O) groups is 1. The van der Waals surface area contributed by atoms with E-state index < -0.39 is 5.91 Å². The lowest BCUT2D eigenvalue weighted by molar-refractivity contribution is 0.0998. The van der Waals surface area contributed by atoms with Crippen molar-refractivity contribution in [3.63, 3.8) is 0 Å². The van der Waals surface area contributed by atoms with Gasteiger partial charge in [-0.15, -0.1) is 0 Å². The maximum absolute atomic E-state index is 11.6. The number of rotatable bonds is 7. The predicted molar refractivity (Wildman–Crippen MR) is 99.3 cm³/mol. The van der Waals surface area contributed by atoms with E-state index in [9.17, 15) is 9.90 Å². The first-order valence-electron chi connectivity index (χ1n) is 8.56. The van der Waals surface area contributed by atoms with Crippen molar-refractivity contribution in [3.05, 3.63) is 65.0 Å². The number of nitrogens with two attached hydrogens (primary N) is 1. The number of hydrogen-bond donors (Lipinski definition) is 2. The van der Waals surface area contributed by atoms with Crippen molar-refractivity contribution in [2.45, 2.75) is 26.4 Å². The summed E-state index contributed by atoms with van der Waals surface area (Å²) in [5.41, 5.74) is 8.54. The third-order valence-electron chi connectivity index (χ3n) is 4.30. The summed E-state index contributed by atoms with van der Waals surface area (Å²) in [7, 11) is 0. The molecule has 27 heavy (non-hydrogen) atoms. The van der Waals surface area contributed by atoms with Crippen LogP contribution in [0.15, 0.2) is 47.0 Å². The summed E-state index contributed by atoms with van der Waals surface area (Å²) in [5, 5.41) is 13.5. The van der Waals surface area contributed by atoms with Gasteiger partial charge in [0.15, 0.2) is 0 Å². The zero-order chi connectivity index (χ0) is 19.4. The average Bonchev–Trinajstić information content (AvgIpc) is 3.06. The molecule has 1 atom stereocenters. The van der Waals surface area contributed by atoms with E-state index in [0.29, 0.717) is 23.0 Å². The minimum Gasteiger partial charge on any atom is -0.473 e. The normalized spacial score (nSPS) is 12.0. The molecule has 7 heteroatoms. The largest absolute Gasteiger partial charge is 0.473 e. The maximum Gasteiger partial charge on any atom is 0.250 e. The highest BCUT2D eigenvalue weighted by atomic mass is 16.5. The first kappa shape index (κ1) is 18.6. The molecule has 3 N–H and O–H groups in total. The number of ether oxygens (including phenoxy) is 1. The van der Waals surface area contributed by atoms with Crippen LogP contribution in [0, 0.1) is 6.92 Å². The van der Waals surface area contributed by atoms with Crippen LogP contribution in [0.4, 0.5) is 0 Å². The van der Waals surface area contributed by atoms with E-state index in [1.165, 1.54) is 0 Å². The van der Waals surface area contributed by atoms with E-state index in [0.717, 1.165) is 11.1 Å². The van der Waals surface area contributed by atoms with Crippen LogP contribution in [0.25, 0.3) is 11.3 Å². The average molecular weight is 367 g/mol. The van der Waals surface area contributed by atoms with E-state index in [4.69, 9.17) is 15.0 Å². The second kappa shape index (κ2) is 8.01. The van der Waals surface area contributed by atoms with E-state index in [-0.39, 0.29) is 24.7 Å². The van der Waals surface area contributed by atoms with Crippen LogP contribution in [-0.4, -0.2) is 27.8 Å². The number of carbonyl (C=O) groups excluding carboxylic acids is 1. The van der Waals surface area contributed by atoms with Crippen LogP contribution in [0.1, 0.15) is 40.2 Å². The van der Waals surface area contributed by atoms with Crippen molar-refractivity contribution >= 4 is 5.91 Å². The first-order valence-corrected chi connectivity index (χ1v) is 8.56. The Morgan fingerprint density at radius 2 is 2.00 bits per heavy atom. The molecule has 140 valence electrons. The Kier molecular flexibility index (Phi) is 5.52. The van der Waals surface area contributed by atoms with E-state index in [1.807, 2.05) is 37.3 Å². The van der Waals surface area contributed by atoms with Gasteiger partial charge in [-0.3, -0.25) is 4.79 Å². The highest BCUT2D eigenvalue weighted by molar-refractivity contribution is 5.94. The van der Waals surface area contributed by atoms with Gasteiger partial charge in [0.05, 0.1) is 23.4 Å². The second-order valence-electron chi connectivity index (χ2n) is 6.25. The zero-order valence-electron chi connectivity index (χ0n) is 15.2. The fourth-order valence-electron chi connectivity index (χ4n) is 2.74. The Hall–Kier alpha value is -3.19. The molecule has 1 aromatic carbocycles. The molecule has 0 saturated carbocycles. The van der Waals surface area contributed by atoms with Gasteiger partial charge >= 0.3 is 0 Å². The summed E-state index contributed by atoms with van der Waals surface area (Å²) >= 11 is 0. The number of pyridine rings is 1. The van der Waals surface area contributed by atoms with Gasteiger partial charge in [0.2, 0.25) is 5.88 Å². The molecule has 2 heterocycles. The van der Waals surface area contributed by atoms with Gasteiger partial charge in [0, 0.05) is 17.5 Å². The molecule has 0 fully saturated rings. The molecule has 3 aromatic rings. The Labute approximate surface area is 156 Å². The molecule has 0 aliphatic rings. The van der Waals surface area contributed by atoms with Crippen molar-refractivity contribution in [2.24, 2.45) is 5.73 Å². The number of aromatic nitrogens is 2. The first-order chi connectivity index (χ1) is 13.0. The number of aliphatic hydroxyl groups excluding tert-OH is 1. The summed E-state index contributed by atoms with van der Waals surface area (Å²) in [4.78, 5) is 15.9. The number of aryl methyl sites for hydroxylation is 1. The minimum absolute atomic E-state index is 0.153. The number of amides is 1. The highest BCUT2D eigenvalue weighted by Crippen LogP contribution is 2.27. The van der Waals surface area contributed by atoms with E-state index in [2.05, 4.69) is 10.1 Å². The number of benzene rings is 1. The summed E-state index contributed by atoms with van der Waals surface area (Å²) < 4.78 is 11.1. The molecule has 0 radical (unpaired) electrons. The van der Waals surface area contributed by atoms with E-state index >= 15 is 0 Å². The zero-order valence-corrected chi connectivity index (χ0v) is 15.2. The summed E-state index contributed by atoms with van der Waals surface area (Å²) in [6.45, 7) is 3.63. The van der Waals surface area contributed by atoms with Crippen LogP contribution >= 0.6 is 0 Å². The topological polar surface area (TPSA) is 111 Å². The van der Waals surface area contributed by atoms with Gasteiger partial charge in [0.1, 0.15) is 18.1 Å². The van der Waals surface area contributed by atoms with Gasteiger partial charge in [-0.2, -0.15) is 0 Å². The molecule has 3 rings (SSSR count). The van der Waals surface area contributed by atoms with Gasteiger partial charge in [0.25, 0.3) is 5.91 Å². The van der Waals surface area contributed by atoms with Crippen molar-refractivity contribution in [3.8, 4) is 17.1 Å². The quantitative estimate of drug-likeness (QED) is 0.664. The second-order valence-corrected chi connectivity index (χ2v) is 6.25. The molecule has 0 aliphatic carbocycles. The Balaban J connectivity index is 1.86. The van der Waals surface area contributed by atoms with Gasteiger partial charge in [-0.25, -0.2) is 4.98 Å². The Morgan fingerprint density at radius 3 is 2.67 bits per heavy atom. The predicted octanol–water partition coefficient (Wildman–Crippen LogP) is 2.82. The molecular formula is C20H21N3O4.